The molecule has 3 N–H and O–H groups in total. The molecule has 0 radical (unpaired) electrons. The average Bonchev–Trinajstić information content (AvgIpc) is 3.32. The van der Waals surface area contributed by atoms with Crippen LogP contribution in [0.1, 0.15) is 47.4 Å². The topological polar surface area (TPSA) is 105 Å². The van der Waals surface area contributed by atoms with Crippen molar-refractivity contribution in [3.8, 4) is 22.6 Å². The van der Waals surface area contributed by atoms with E-state index in [9.17, 15) is 9.59 Å². The number of carbonyl (C=O) groups is 1. The van der Waals surface area contributed by atoms with Crippen LogP contribution in [-0.2, 0) is 6.54 Å². The first kappa shape index (κ1) is 22.2. The molecule has 1 amide bonds. The average molecular weight is 461 g/mol. The van der Waals surface area contributed by atoms with Gasteiger partial charge in [-0.25, -0.2) is 0 Å². The number of aryl methyl sites for hydroxylation is 1. The van der Waals surface area contributed by atoms with E-state index in [4.69, 9.17) is 9.47 Å². The van der Waals surface area contributed by atoms with Gasteiger partial charge < -0.3 is 25.1 Å². The Kier molecular flexibility index (Phi) is 6.31. The third-order valence-electron chi connectivity index (χ3n) is 6.43. The van der Waals surface area contributed by atoms with E-state index in [1.165, 1.54) is 0 Å². The molecule has 176 valence electrons. The first-order valence-corrected chi connectivity index (χ1v) is 11.6. The van der Waals surface area contributed by atoms with Gasteiger partial charge in [-0.2, -0.15) is 0 Å². The molecule has 1 saturated carbocycles. The monoisotopic (exact) mass is 460 g/mol. The lowest BCUT2D eigenvalue weighted by Crippen LogP contribution is -2.43. The number of rotatable bonds is 6. The van der Waals surface area contributed by atoms with Crippen LogP contribution in [-0.4, -0.2) is 34.8 Å². The van der Waals surface area contributed by atoms with Crippen molar-refractivity contribution in [2.75, 3.05) is 6.79 Å². The molecule has 2 aromatic heterocycles. The van der Waals surface area contributed by atoms with Crippen LogP contribution in [0.4, 0.5) is 0 Å². The lowest BCUT2D eigenvalue weighted by atomic mass is 9.91. The van der Waals surface area contributed by atoms with E-state index in [0.717, 1.165) is 54.7 Å². The number of aromatic amines is 1. The molecular weight excluding hydrogens is 432 g/mol. The van der Waals surface area contributed by atoms with Gasteiger partial charge in [-0.1, -0.05) is 12.1 Å². The molecule has 3 aromatic rings. The van der Waals surface area contributed by atoms with E-state index in [1.807, 2.05) is 43.3 Å². The molecule has 1 aromatic carbocycles. The highest BCUT2D eigenvalue weighted by molar-refractivity contribution is 5.95. The maximum absolute atomic E-state index is 12.9. The molecule has 5 rings (SSSR count). The molecule has 0 atom stereocenters. The van der Waals surface area contributed by atoms with Gasteiger partial charge in [0.05, 0.1) is 5.69 Å². The van der Waals surface area contributed by atoms with Crippen molar-refractivity contribution in [1.29, 1.82) is 0 Å². The second-order valence-corrected chi connectivity index (χ2v) is 8.87. The van der Waals surface area contributed by atoms with E-state index in [1.54, 1.807) is 12.3 Å². The van der Waals surface area contributed by atoms with Gasteiger partial charge in [-0.15, -0.1) is 0 Å². The fourth-order valence-corrected chi connectivity index (χ4v) is 4.55. The van der Waals surface area contributed by atoms with Gasteiger partial charge in [0.1, 0.15) is 5.56 Å². The lowest BCUT2D eigenvalue weighted by Gasteiger charge is -2.29. The number of carbonyl (C=O) groups excluding carboxylic acids is 1. The number of pyridine rings is 2. The first-order chi connectivity index (χ1) is 16.5. The van der Waals surface area contributed by atoms with Crippen molar-refractivity contribution in [2.24, 2.45) is 0 Å². The largest absolute Gasteiger partial charge is 0.454 e. The second-order valence-electron chi connectivity index (χ2n) is 8.87. The summed E-state index contributed by atoms with van der Waals surface area (Å²) in [6.45, 7) is 2.93. The number of benzene rings is 1. The van der Waals surface area contributed by atoms with E-state index >= 15 is 0 Å². The minimum absolute atomic E-state index is 0.0521. The zero-order valence-corrected chi connectivity index (χ0v) is 19.1. The van der Waals surface area contributed by atoms with E-state index < -0.39 is 5.56 Å². The highest BCUT2D eigenvalue weighted by Gasteiger charge is 2.24. The SMILES string of the molecule is Cc1cccc(CNC2CCC(NC(=O)c3cc(-c4ccc5c(c4)OCO5)c[nH]c3=O)CC2)n1. The summed E-state index contributed by atoms with van der Waals surface area (Å²) in [5.41, 5.74) is 3.34. The third-order valence-corrected chi connectivity index (χ3v) is 6.43. The fraction of sp³-hybridized carbons (Fsp3) is 0.346. The highest BCUT2D eigenvalue weighted by Crippen LogP contribution is 2.35. The van der Waals surface area contributed by atoms with Crippen LogP contribution in [0.25, 0.3) is 11.1 Å². The Morgan fingerprint density at radius 1 is 1.03 bits per heavy atom. The molecule has 0 unspecified atom stereocenters. The zero-order chi connectivity index (χ0) is 23.5. The second kappa shape index (κ2) is 9.69. The number of nitrogens with zero attached hydrogens (tertiary/aromatic N) is 1. The number of fused-ring (bicyclic) bond motifs is 1. The summed E-state index contributed by atoms with van der Waals surface area (Å²) in [5, 5.41) is 6.63. The molecule has 0 saturated heterocycles. The Balaban J connectivity index is 1.18. The smallest absolute Gasteiger partial charge is 0.260 e. The molecule has 1 fully saturated rings. The van der Waals surface area contributed by atoms with Crippen LogP contribution in [0.2, 0.25) is 0 Å². The standard InChI is InChI=1S/C26H28N4O4/c1-16-3-2-4-21(29-16)14-27-19-6-8-20(9-7-19)30-26(32)22-11-18(13-28-25(22)31)17-5-10-23-24(12-17)34-15-33-23/h2-5,10-13,19-20,27H,6-9,14-15H2,1H3,(H,28,31)(H,30,32). The predicted octanol–water partition coefficient (Wildman–Crippen LogP) is 3.30. The number of hydrogen-bond donors (Lipinski definition) is 3. The van der Waals surface area contributed by atoms with Crippen molar-refractivity contribution in [3.05, 3.63) is 76.0 Å². The number of H-pyrrole nitrogens is 1. The molecule has 0 bridgehead atoms. The molecule has 1 aliphatic carbocycles. The predicted molar refractivity (Wildman–Crippen MR) is 128 cm³/mol. The molecule has 0 spiro atoms. The Bertz CT molecular complexity index is 1250. The molecule has 3 heterocycles. The van der Waals surface area contributed by atoms with Crippen LogP contribution in [0, 0.1) is 6.92 Å². The van der Waals surface area contributed by atoms with Gasteiger partial charge in [0, 0.05) is 30.5 Å². The van der Waals surface area contributed by atoms with E-state index in [-0.39, 0.29) is 24.3 Å². The molecule has 1 aliphatic heterocycles. The minimum Gasteiger partial charge on any atom is -0.454 e. The van der Waals surface area contributed by atoms with Gasteiger partial charge in [0.2, 0.25) is 6.79 Å². The number of hydrogen-bond acceptors (Lipinski definition) is 6. The summed E-state index contributed by atoms with van der Waals surface area (Å²) in [7, 11) is 0. The van der Waals surface area contributed by atoms with Crippen LogP contribution in [0.3, 0.4) is 0 Å². The summed E-state index contributed by atoms with van der Waals surface area (Å²) < 4.78 is 10.8. The molecule has 2 aliphatic rings. The fourth-order valence-electron chi connectivity index (χ4n) is 4.55. The van der Waals surface area contributed by atoms with Crippen molar-refractivity contribution in [1.82, 2.24) is 20.6 Å². The van der Waals surface area contributed by atoms with Crippen molar-refractivity contribution < 1.29 is 14.3 Å². The number of aromatic nitrogens is 2. The summed E-state index contributed by atoms with van der Waals surface area (Å²) in [4.78, 5) is 32.5. The molecule has 8 heteroatoms. The van der Waals surface area contributed by atoms with E-state index in [0.29, 0.717) is 17.5 Å². The first-order valence-electron chi connectivity index (χ1n) is 11.6. The summed E-state index contributed by atoms with van der Waals surface area (Å²) in [6, 6.07) is 13.7. The van der Waals surface area contributed by atoms with Crippen molar-refractivity contribution in [2.45, 2.75) is 51.2 Å². The Labute approximate surface area is 197 Å². The summed E-state index contributed by atoms with van der Waals surface area (Å²) in [5.74, 6) is 0.994. The third kappa shape index (κ3) is 4.97. The Hall–Kier alpha value is -3.65. The number of amides is 1. The molecule has 34 heavy (non-hydrogen) atoms. The number of nitrogens with one attached hydrogen (secondary N) is 3. The van der Waals surface area contributed by atoms with Crippen molar-refractivity contribution in [3.63, 3.8) is 0 Å². The summed E-state index contributed by atoms with van der Waals surface area (Å²) >= 11 is 0. The normalized spacial score (nSPS) is 19.1. The minimum atomic E-state index is -0.400. The molecule has 8 nitrogen and oxygen atoms in total. The van der Waals surface area contributed by atoms with Gasteiger partial charge in [-0.05, 0) is 74.1 Å². The Morgan fingerprint density at radius 3 is 2.65 bits per heavy atom. The van der Waals surface area contributed by atoms with Gasteiger partial charge in [-0.3, -0.25) is 14.6 Å². The van der Waals surface area contributed by atoms with Crippen molar-refractivity contribution >= 4 is 5.91 Å². The van der Waals surface area contributed by atoms with Crippen LogP contribution < -0.4 is 25.7 Å². The van der Waals surface area contributed by atoms with Gasteiger partial charge >= 0.3 is 0 Å². The quantitative estimate of drug-likeness (QED) is 0.521. The van der Waals surface area contributed by atoms with Crippen LogP contribution in [0.5, 0.6) is 11.5 Å². The maximum Gasteiger partial charge on any atom is 0.260 e. The lowest BCUT2D eigenvalue weighted by molar-refractivity contribution is 0.0922. The van der Waals surface area contributed by atoms with Gasteiger partial charge in [0.25, 0.3) is 11.5 Å². The Morgan fingerprint density at radius 2 is 1.82 bits per heavy atom. The van der Waals surface area contributed by atoms with E-state index in [2.05, 4.69) is 20.6 Å². The van der Waals surface area contributed by atoms with Crippen LogP contribution >= 0.6 is 0 Å². The number of ether oxygens (including phenoxy) is 2. The summed E-state index contributed by atoms with van der Waals surface area (Å²) in [6.07, 6.45) is 5.26. The highest BCUT2D eigenvalue weighted by atomic mass is 16.7. The maximum atomic E-state index is 12.9. The molecular formula is C26H28N4O4. The van der Waals surface area contributed by atoms with Gasteiger partial charge in [0.15, 0.2) is 11.5 Å². The zero-order valence-electron chi connectivity index (χ0n) is 19.1. The van der Waals surface area contributed by atoms with Crippen LogP contribution in [0.15, 0.2) is 53.5 Å².